The number of hydrogen-bond donors (Lipinski definition) is 0. The molecular formula is C18H26N2O3. The Hall–Kier alpha value is -1.14. The molecule has 0 N–H and O–H groups in total. The largest absolute Gasteiger partial charge is 0.379 e. The molecule has 1 aromatic rings. The van der Waals surface area contributed by atoms with E-state index in [4.69, 9.17) is 14.2 Å². The van der Waals surface area contributed by atoms with Crippen molar-refractivity contribution < 1.29 is 14.2 Å². The number of anilines is 1. The van der Waals surface area contributed by atoms with Gasteiger partial charge in [-0.15, -0.1) is 0 Å². The van der Waals surface area contributed by atoms with Gasteiger partial charge in [0.15, 0.2) is 5.79 Å². The van der Waals surface area contributed by atoms with Crippen LogP contribution in [-0.4, -0.2) is 63.3 Å². The summed E-state index contributed by atoms with van der Waals surface area (Å²) in [5.74, 6) is -0.285. The predicted octanol–water partition coefficient (Wildman–Crippen LogP) is 1.86. The molecule has 3 saturated heterocycles. The predicted molar refractivity (Wildman–Crippen MR) is 88.6 cm³/mol. The van der Waals surface area contributed by atoms with E-state index in [1.165, 1.54) is 11.3 Å². The van der Waals surface area contributed by atoms with Crippen molar-refractivity contribution in [3.8, 4) is 0 Å². The van der Waals surface area contributed by atoms with Gasteiger partial charge in [-0.1, -0.05) is 12.1 Å². The summed E-state index contributed by atoms with van der Waals surface area (Å²) in [6, 6.07) is 9.03. The maximum Gasteiger partial charge on any atom is 0.171 e. The molecule has 126 valence electrons. The first-order valence-corrected chi connectivity index (χ1v) is 8.75. The van der Waals surface area contributed by atoms with Crippen LogP contribution in [-0.2, 0) is 20.8 Å². The second-order valence-electron chi connectivity index (χ2n) is 6.65. The molecule has 3 aliphatic rings. The van der Waals surface area contributed by atoms with Crippen LogP contribution in [0.25, 0.3) is 0 Å². The zero-order chi connectivity index (χ0) is 15.5. The van der Waals surface area contributed by atoms with Gasteiger partial charge in [0.05, 0.1) is 26.4 Å². The Morgan fingerprint density at radius 2 is 1.48 bits per heavy atom. The van der Waals surface area contributed by atoms with Gasteiger partial charge >= 0.3 is 0 Å². The van der Waals surface area contributed by atoms with Crippen LogP contribution < -0.4 is 4.90 Å². The first kappa shape index (κ1) is 15.4. The Bertz CT molecular complexity index is 498. The lowest BCUT2D eigenvalue weighted by molar-refractivity contribution is -0.169. The lowest BCUT2D eigenvalue weighted by Crippen LogP contribution is -2.45. The molecule has 5 nitrogen and oxygen atoms in total. The second-order valence-corrected chi connectivity index (χ2v) is 6.65. The second kappa shape index (κ2) is 6.77. The zero-order valence-corrected chi connectivity index (χ0v) is 13.7. The van der Waals surface area contributed by atoms with Gasteiger partial charge in [0, 0.05) is 51.3 Å². The number of morpholine rings is 1. The molecule has 4 rings (SSSR count). The fourth-order valence-corrected chi connectivity index (χ4v) is 3.72. The highest BCUT2D eigenvalue weighted by molar-refractivity contribution is 5.48. The average molecular weight is 318 g/mol. The molecule has 3 heterocycles. The molecule has 0 unspecified atom stereocenters. The number of hydrogen-bond acceptors (Lipinski definition) is 5. The van der Waals surface area contributed by atoms with Gasteiger partial charge in [-0.2, -0.15) is 0 Å². The minimum Gasteiger partial charge on any atom is -0.379 e. The van der Waals surface area contributed by atoms with Crippen molar-refractivity contribution in [2.24, 2.45) is 0 Å². The summed E-state index contributed by atoms with van der Waals surface area (Å²) in [5.41, 5.74) is 2.69. The number of benzene rings is 1. The number of rotatable bonds is 3. The van der Waals surface area contributed by atoms with Crippen LogP contribution in [0.1, 0.15) is 18.4 Å². The monoisotopic (exact) mass is 318 g/mol. The Morgan fingerprint density at radius 3 is 2.13 bits per heavy atom. The Kier molecular flexibility index (Phi) is 4.53. The minimum absolute atomic E-state index is 0.285. The van der Waals surface area contributed by atoms with Crippen molar-refractivity contribution >= 4 is 5.69 Å². The van der Waals surface area contributed by atoms with E-state index in [2.05, 4.69) is 34.1 Å². The quantitative estimate of drug-likeness (QED) is 0.850. The van der Waals surface area contributed by atoms with E-state index in [1.54, 1.807) is 0 Å². The molecular weight excluding hydrogens is 292 g/mol. The van der Waals surface area contributed by atoms with Crippen LogP contribution in [0.2, 0.25) is 0 Å². The standard InChI is InChI=1S/C18H26N2O3/c1-3-17(4-2-16(1)15-19-9-11-21-12-10-19)20-7-5-18(6-8-20)22-13-14-23-18/h1-4H,5-15H2. The average Bonchev–Trinajstić information content (AvgIpc) is 3.06. The van der Waals surface area contributed by atoms with Crippen LogP contribution >= 0.6 is 0 Å². The van der Waals surface area contributed by atoms with Gasteiger partial charge in [-0.05, 0) is 17.7 Å². The van der Waals surface area contributed by atoms with E-state index in [1.807, 2.05) is 0 Å². The minimum atomic E-state index is -0.285. The molecule has 1 spiro atoms. The molecule has 0 radical (unpaired) electrons. The molecule has 0 atom stereocenters. The topological polar surface area (TPSA) is 34.2 Å². The van der Waals surface area contributed by atoms with Gasteiger partial charge in [0.1, 0.15) is 0 Å². The SMILES string of the molecule is c1cc(N2CCC3(CC2)OCCO3)ccc1CN1CCOCC1. The third-order valence-corrected chi connectivity index (χ3v) is 5.15. The Morgan fingerprint density at radius 1 is 0.826 bits per heavy atom. The molecule has 0 aromatic heterocycles. The van der Waals surface area contributed by atoms with Gasteiger partial charge in [0.2, 0.25) is 0 Å². The molecule has 23 heavy (non-hydrogen) atoms. The maximum absolute atomic E-state index is 5.80. The van der Waals surface area contributed by atoms with Crippen molar-refractivity contribution in [2.45, 2.75) is 25.2 Å². The van der Waals surface area contributed by atoms with E-state index in [0.717, 1.165) is 72.0 Å². The van der Waals surface area contributed by atoms with E-state index >= 15 is 0 Å². The Balaban J connectivity index is 1.33. The summed E-state index contributed by atoms with van der Waals surface area (Å²) in [4.78, 5) is 4.90. The maximum atomic E-state index is 5.80. The summed E-state index contributed by atoms with van der Waals surface area (Å²) >= 11 is 0. The van der Waals surface area contributed by atoms with Crippen molar-refractivity contribution in [1.82, 2.24) is 4.90 Å². The summed E-state index contributed by atoms with van der Waals surface area (Å²) in [5, 5.41) is 0. The van der Waals surface area contributed by atoms with E-state index in [-0.39, 0.29) is 5.79 Å². The van der Waals surface area contributed by atoms with E-state index in [0.29, 0.717) is 0 Å². The third-order valence-electron chi connectivity index (χ3n) is 5.15. The van der Waals surface area contributed by atoms with Gasteiger partial charge in [-0.3, -0.25) is 4.90 Å². The smallest absolute Gasteiger partial charge is 0.171 e. The summed E-state index contributed by atoms with van der Waals surface area (Å²) in [6.45, 7) is 8.31. The highest BCUT2D eigenvalue weighted by Crippen LogP contribution is 2.33. The number of piperidine rings is 1. The number of ether oxygens (including phenoxy) is 3. The lowest BCUT2D eigenvalue weighted by Gasteiger charge is -2.38. The third kappa shape index (κ3) is 3.53. The van der Waals surface area contributed by atoms with Crippen molar-refractivity contribution in [1.29, 1.82) is 0 Å². The van der Waals surface area contributed by atoms with E-state index in [9.17, 15) is 0 Å². The first-order valence-electron chi connectivity index (χ1n) is 8.75. The molecule has 0 aliphatic carbocycles. The van der Waals surface area contributed by atoms with Crippen molar-refractivity contribution in [3.05, 3.63) is 29.8 Å². The van der Waals surface area contributed by atoms with E-state index < -0.39 is 0 Å². The fourth-order valence-electron chi connectivity index (χ4n) is 3.72. The number of nitrogens with zero attached hydrogens (tertiary/aromatic N) is 2. The highest BCUT2D eigenvalue weighted by atomic mass is 16.7. The van der Waals surface area contributed by atoms with Crippen LogP contribution in [0.4, 0.5) is 5.69 Å². The van der Waals surface area contributed by atoms with Gasteiger partial charge in [0.25, 0.3) is 0 Å². The van der Waals surface area contributed by atoms with Gasteiger partial charge < -0.3 is 19.1 Å². The molecule has 3 fully saturated rings. The Labute approximate surface area is 138 Å². The molecule has 0 saturated carbocycles. The molecule has 0 bridgehead atoms. The van der Waals surface area contributed by atoms with Crippen LogP contribution in [0, 0.1) is 0 Å². The molecule has 3 aliphatic heterocycles. The van der Waals surface area contributed by atoms with Crippen LogP contribution in [0.3, 0.4) is 0 Å². The van der Waals surface area contributed by atoms with Crippen molar-refractivity contribution in [2.75, 3.05) is 57.5 Å². The summed E-state index contributed by atoms with van der Waals surface area (Å²) in [7, 11) is 0. The zero-order valence-electron chi connectivity index (χ0n) is 13.7. The molecule has 5 heteroatoms. The van der Waals surface area contributed by atoms with Crippen LogP contribution in [0.5, 0.6) is 0 Å². The van der Waals surface area contributed by atoms with Crippen molar-refractivity contribution in [3.63, 3.8) is 0 Å². The first-order chi connectivity index (χ1) is 11.3. The normalized spacial score (nSPS) is 25.1. The summed E-state index contributed by atoms with van der Waals surface area (Å²) in [6.07, 6.45) is 1.92. The lowest BCUT2D eigenvalue weighted by atomic mass is 10.0. The van der Waals surface area contributed by atoms with Crippen LogP contribution in [0.15, 0.2) is 24.3 Å². The molecule has 0 amide bonds. The summed E-state index contributed by atoms with van der Waals surface area (Å²) < 4.78 is 17.0. The highest BCUT2D eigenvalue weighted by Gasteiger charge is 2.39. The molecule has 1 aromatic carbocycles. The van der Waals surface area contributed by atoms with Gasteiger partial charge in [-0.25, -0.2) is 0 Å². The fraction of sp³-hybridized carbons (Fsp3) is 0.667.